The average molecular weight is 97.1 g/mol. The zero-order chi connectivity index (χ0) is 5.11. The normalized spacial score (nSPS) is 17.0. The Kier molecular flexibility index (Phi) is 0.997. The molecule has 1 radical (unpaired) electrons. The predicted molar refractivity (Wildman–Crippen MR) is 24.3 cm³/mol. The predicted octanol–water partition coefficient (Wildman–Crippen LogP) is 0.459. The molecule has 7 heavy (non-hydrogen) atoms. The van der Waals surface area contributed by atoms with Crippen molar-refractivity contribution < 1.29 is 4.84 Å². The molecule has 0 saturated carbocycles. The molecule has 1 rings (SSSR count). The highest BCUT2D eigenvalue weighted by atomic mass is 16.7. The lowest BCUT2D eigenvalue weighted by atomic mass is 10.6. The summed E-state index contributed by atoms with van der Waals surface area (Å²) in [6.07, 6.45) is 6.37. The molecule has 1 N–H and O–H groups in total. The van der Waals surface area contributed by atoms with Gasteiger partial charge in [-0.15, -0.1) is 11.0 Å². The van der Waals surface area contributed by atoms with Gasteiger partial charge in [-0.2, -0.15) is 0 Å². The molecule has 1 aliphatic heterocycles. The van der Waals surface area contributed by atoms with Gasteiger partial charge in [0.25, 0.3) is 0 Å². The number of hydroxylamine groups is 1. The maximum atomic E-state index is 6.74. The van der Waals surface area contributed by atoms with E-state index >= 15 is 0 Å². The summed E-state index contributed by atoms with van der Waals surface area (Å²) in [6.45, 7) is 0. The van der Waals surface area contributed by atoms with Crippen LogP contribution in [-0.2, 0) is 4.84 Å². The summed E-state index contributed by atoms with van der Waals surface area (Å²) < 4.78 is 0. The number of nitrogens with one attached hydrogen (secondary N) is 1. The molecule has 3 nitrogen and oxygen atoms in total. The van der Waals surface area contributed by atoms with E-state index in [0.29, 0.717) is 0 Å². The Morgan fingerprint density at radius 3 is 2.57 bits per heavy atom. The Morgan fingerprint density at radius 2 is 2.29 bits per heavy atom. The molecule has 0 saturated heterocycles. The summed E-state index contributed by atoms with van der Waals surface area (Å²) in [5, 5.41) is 0.875. The first-order valence-electron chi connectivity index (χ1n) is 1.90. The van der Waals surface area contributed by atoms with Crippen LogP contribution in [0.15, 0.2) is 24.6 Å². The van der Waals surface area contributed by atoms with Crippen molar-refractivity contribution in [3.63, 3.8) is 0 Å². The van der Waals surface area contributed by atoms with Crippen molar-refractivity contribution >= 4 is 0 Å². The molecular weight excluding hydrogens is 92.1 g/mol. The monoisotopic (exact) mass is 97.0 g/mol. The number of hydrogen-bond acceptors (Lipinski definition) is 2. The molecular formula is C4H5N2O. The highest BCUT2D eigenvalue weighted by molar-refractivity contribution is 5.00. The minimum Gasteiger partial charge on any atom is -0.371 e. The lowest BCUT2D eigenvalue weighted by Gasteiger charge is -2.09. The maximum Gasteiger partial charge on any atom is 0.121 e. The molecule has 0 unspecified atom stereocenters. The summed E-state index contributed by atoms with van der Waals surface area (Å²) in [6, 6.07) is 0. The van der Waals surface area contributed by atoms with Crippen molar-refractivity contribution in [3.05, 3.63) is 24.6 Å². The number of allylic oxidation sites excluding steroid dienone is 2. The zero-order valence-electron chi connectivity index (χ0n) is 3.66. The molecule has 0 aromatic rings. The first-order valence-corrected chi connectivity index (χ1v) is 1.90. The van der Waals surface area contributed by atoms with Gasteiger partial charge in [-0.05, 0) is 12.2 Å². The van der Waals surface area contributed by atoms with Gasteiger partial charge in [0.05, 0.1) is 6.20 Å². The number of nitrogens with zero attached hydrogens (tertiary/aromatic N) is 1. The Labute approximate surface area is 41.6 Å². The molecule has 0 aromatic heterocycles. The summed E-state index contributed by atoms with van der Waals surface area (Å²) in [5.41, 5.74) is 0. The quantitative estimate of drug-likeness (QED) is 0.440. The topological polar surface area (TPSA) is 36.3 Å². The molecule has 0 atom stereocenters. The van der Waals surface area contributed by atoms with Crippen LogP contribution in [0.5, 0.6) is 0 Å². The van der Waals surface area contributed by atoms with Gasteiger partial charge in [-0.1, -0.05) is 0 Å². The molecule has 0 fully saturated rings. The Morgan fingerprint density at radius 1 is 1.43 bits per heavy atom. The SMILES string of the molecule is [NH]N1C=CC=CO1. The van der Waals surface area contributed by atoms with E-state index < -0.39 is 0 Å². The van der Waals surface area contributed by atoms with E-state index in [1.807, 2.05) is 0 Å². The lowest BCUT2D eigenvalue weighted by molar-refractivity contribution is -0.0701. The van der Waals surface area contributed by atoms with Crippen LogP contribution >= 0.6 is 0 Å². The summed E-state index contributed by atoms with van der Waals surface area (Å²) in [7, 11) is 0. The highest BCUT2D eigenvalue weighted by Crippen LogP contribution is 1.92. The third kappa shape index (κ3) is 0.940. The van der Waals surface area contributed by atoms with Gasteiger partial charge in [-0.25, -0.2) is 0 Å². The van der Waals surface area contributed by atoms with Crippen LogP contribution in [0.4, 0.5) is 0 Å². The molecule has 0 spiro atoms. The van der Waals surface area contributed by atoms with Gasteiger partial charge in [0.15, 0.2) is 0 Å². The van der Waals surface area contributed by atoms with Gasteiger partial charge in [0, 0.05) is 0 Å². The third-order valence-electron chi connectivity index (χ3n) is 0.586. The molecule has 0 aliphatic carbocycles. The molecule has 0 amide bonds. The molecule has 1 aliphatic rings. The second-order valence-corrected chi connectivity index (χ2v) is 1.10. The average Bonchev–Trinajstić information content (AvgIpc) is 1.69. The molecule has 1 heterocycles. The zero-order valence-corrected chi connectivity index (χ0v) is 3.66. The maximum absolute atomic E-state index is 6.74. The molecule has 37 valence electrons. The van der Waals surface area contributed by atoms with Crippen molar-refractivity contribution in [2.24, 2.45) is 0 Å². The van der Waals surface area contributed by atoms with Crippen LogP contribution in [0.25, 0.3) is 0 Å². The standard InChI is InChI=1S/C4H5N2O/c5-6-3-1-2-4-7-6/h1-5H. The van der Waals surface area contributed by atoms with E-state index in [2.05, 4.69) is 4.84 Å². The second kappa shape index (κ2) is 1.66. The van der Waals surface area contributed by atoms with E-state index in [0.717, 1.165) is 5.17 Å². The molecule has 3 heteroatoms. The van der Waals surface area contributed by atoms with E-state index in [1.54, 1.807) is 12.2 Å². The van der Waals surface area contributed by atoms with Crippen molar-refractivity contribution in [2.45, 2.75) is 0 Å². The van der Waals surface area contributed by atoms with Crippen molar-refractivity contribution in [3.8, 4) is 0 Å². The first kappa shape index (κ1) is 4.21. The van der Waals surface area contributed by atoms with Crippen LogP contribution in [0.1, 0.15) is 0 Å². The first-order chi connectivity index (χ1) is 3.39. The summed E-state index contributed by atoms with van der Waals surface area (Å²) >= 11 is 0. The van der Waals surface area contributed by atoms with Gasteiger partial charge in [-0.3, -0.25) is 0 Å². The van der Waals surface area contributed by atoms with E-state index in [-0.39, 0.29) is 0 Å². The van der Waals surface area contributed by atoms with Gasteiger partial charge < -0.3 is 4.84 Å². The van der Waals surface area contributed by atoms with Gasteiger partial charge in [0.2, 0.25) is 0 Å². The smallest absolute Gasteiger partial charge is 0.121 e. The fraction of sp³-hybridized carbons (Fsp3) is 0. The van der Waals surface area contributed by atoms with Crippen LogP contribution in [0, 0.1) is 0 Å². The van der Waals surface area contributed by atoms with E-state index in [9.17, 15) is 0 Å². The highest BCUT2D eigenvalue weighted by Gasteiger charge is 1.88. The fourth-order valence-electron chi connectivity index (χ4n) is 0.309. The summed E-state index contributed by atoms with van der Waals surface area (Å²) in [4.78, 5) is 4.51. The number of hydrogen-bond donors (Lipinski definition) is 0. The van der Waals surface area contributed by atoms with E-state index in [4.69, 9.17) is 5.84 Å². The fourth-order valence-corrected chi connectivity index (χ4v) is 0.309. The van der Waals surface area contributed by atoms with Gasteiger partial charge in [0.1, 0.15) is 6.26 Å². The Hall–Kier alpha value is -0.960. The Balaban J connectivity index is 2.49. The van der Waals surface area contributed by atoms with Gasteiger partial charge >= 0.3 is 0 Å². The van der Waals surface area contributed by atoms with E-state index in [1.165, 1.54) is 12.5 Å². The second-order valence-electron chi connectivity index (χ2n) is 1.10. The minimum atomic E-state index is 0.875. The third-order valence-corrected chi connectivity index (χ3v) is 0.586. The molecule has 0 bridgehead atoms. The van der Waals surface area contributed by atoms with Crippen LogP contribution in [0.3, 0.4) is 0 Å². The van der Waals surface area contributed by atoms with Crippen molar-refractivity contribution in [1.29, 1.82) is 0 Å². The Bertz CT molecular complexity index is 108. The lowest BCUT2D eigenvalue weighted by Crippen LogP contribution is -2.12. The largest absolute Gasteiger partial charge is 0.371 e. The minimum absolute atomic E-state index is 0.875. The van der Waals surface area contributed by atoms with Crippen molar-refractivity contribution in [2.75, 3.05) is 0 Å². The summed E-state index contributed by atoms with van der Waals surface area (Å²) in [5.74, 6) is 6.74. The molecule has 0 aromatic carbocycles. The van der Waals surface area contributed by atoms with Crippen LogP contribution < -0.4 is 5.84 Å². The van der Waals surface area contributed by atoms with Crippen LogP contribution in [-0.4, -0.2) is 5.17 Å². The number of rotatable bonds is 0. The van der Waals surface area contributed by atoms with Crippen molar-refractivity contribution in [1.82, 2.24) is 11.0 Å². The van der Waals surface area contributed by atoms with Crippen LogP contribution in [0.2, 0.25) is 0 Å².